The minimum Gasteiger partial charge on any atom is -0.299 e. The predicted molar refractivity (Wildman–Crippen MR) is 75.1 cm³/mol. The monoisotopic (exact) mass is 270 g/mol. The van der Waals surface area contributed by atoms with Crippen molar-refractivity contribution in [1.82, 2.24) is 9.78 Å². The largest absolute Gasteiger partial charge is 0.299 e. The zero-order chi connectivity index (χ0) is 13.7. The van der Waals surface area contributed by atoms with Crippen LogP contribution in [0.1, 0.15) is 51.9 Å². The lowest BCUT2D eigenvalue weighted by molar-refractivity contribution is -0.119. The van der Waals surface area contributed by atoms with Gasteiger partial charge in [-0.3, -0.25) is 9.48 Å². The van der Waals surface area contributed by atoms with Crippen molar-refractivity contribution in [1.29, 1.82) is 0 Å². The van der Waals surface area contributed by atoms with Gasteiger partial charge in [0.25, 0.3) is 0 Å². The summed E-state index contributed by atoms with van der Waals surface area (Å²) in [5.74, 6) is 0.698. The van der Waals surface area contributed by atoms with Gasteiger partial charge >= 0.3 is 0 Å². The molecule has 102 valence electrons. The number of Topliss-reactive ketones (excluding diaryl/α,β-unsaturated/α-hetero) is 1. The second kappa shape index (κ2) is 6.93. The molecular weight excluding hydrogens is 248 g/mol. The number of carbonyl (C=O) groups excluding carboxylic acids is 1. The fourth-order valence-electron chi connectivity index (χ4n) is 1.98. The highest BCUT2D eigenvalue weighted by atomic mass is 35.5. The van der Waals surface area contributed by atoms with E-state index in [4.69, 9.17) is 11.6 Å². The van der Waals surface area contributed by atoms with Crippen LogP contribution in [0.3, 0.4) is 0 Å². The second-order valence-electron chi connectivity index (χ2n) is 4.81. The Bertz CT molecular complexity index is 412. The highest BCUT2D eigenvalue weighted by Crippen LogP contribution is 2.23. The number of carbonyl (C=O) groups is 1. The molecule has 0 aromatic carbocycles. The van der Waals surface area contributed by atoms with Crippen molar-refractivity contribution in [2.24, 2.45) is 5.92 Å². The summed E-state index contributed by atoms with van der Waals surface area (Å²) in [4.78, 5) is 12.0. The summed E-state index contributed by atoms with van der Waals surface area (Å²) in [6, 6.07) is 0. The molecule has 1 atom stereocenters. The summed E-state index contributed by atoms with van der Waals surface area (Å²) in [6.07, 6.45) is 2.87. The van der Waals surface area contributed by atoms with Gasteiger partial charge < -0.3 is 0 Å². The first-order chi connectivity index (χ1) is 8.53. The van der Waals surface area contributed by atoms with Gasteiger partial charge in [0.15, 0.2) is 0 Å². The second-order valence-corrected chi connectivity index (χ2v) is 5.19. The quantitative estimate of drug-likeness (QED) is 0.758. The van der Waals surface area contributed by atoms with E-state index in [-0.39, 0.29) is 5.78 Å². The summed E-state index contributed by atoms with van der Waals surface area (Å²) >= 11 is 6.29. The molecule has 0 bridgehead atoms. The number of hydrogen-bond acceptors (Lipinski definition) is 2. The normalized spacial score (nSPS) is 12.7. The summed E-state index contributed by atoms with van der Waals surface area (Å²) < 4.78 is 1.86. The van der Waals surface area contributed by atoms with Crippen LogP contribution in [0.15, 0.2) is 0 Å². The standard InChI is InChI=1S/C14H23ClN2O/c1-5-10(4)8-11(18)9-13-14(15)12(6-2)16-17(13)7-3/h10H,5-9H2,1-4H3. The molecular formula is C14H23ClN2O. The predicted octanol–water partition coefficient (Wildman–Crippen LogP) is 3.67. The van der Waals surface area contributed by atoms with E-state index in [2.05, 4.69) is 18.9 Å². The molecule has 3 nitrogen and oxygen atoms in total. The first-order valence-corrected chi connectivity index (χ1v) is 7.16. The maximum atomic E-state index is 12.0. The Labute approximate surface area is 115 Å². The third kappa shape index (κ3) is 3.58. The molecule has 0 fully saturated rings. The molecule has 0 aliphatic rings. The van der Waals surface area contributed by atoms with Gasteiger partial charge in [-0.15, -0.1) is 0 Å². The first kappa shape index (κ1) is 15.2. The van der Waals surface area contributed by atoms with Gasteiger partial charge in [-0.1, -0.05) is 38.8 Å². The lowest BCUT2D eigenvalue weighted by Gasteiger charge is -2.08. The number of ketones is 1. The Morgan fingerprint density at radius 1 is 1.39 bits per heavy atom. The Morgan fingerprint density at radius 3 is 2.56 bits per heavy atom. The van der Waals surface area contributed by atoms with Gasteiger partial charge in [0, 0.05) is 19.4 Å². The molecule has 1 rings (SSSR count). The molecule has 1 unspecified atom stereocenters. The fourth-order valence-corrected chi connectivity index (χ4v) is 2.31. The lowest BCUT2D eigenvalue weighted by Crippen LogP contribution is -2.12. The number of rotatable bonds is 7. The van der Waals surface area contributed by atoms with E-state index in [9.17, 15) is 4.79 Å². The molecule has 1 aromatic rings. The number of hydrogen-bond donors (Lipinski definition) is 0. The lowest BCUT2D eigenvalue weighted by atomic mass is 9.99. The molecule has 0 saturated carbocycles. The molecule has 0 spiro atoms. The average molecular weight is 271 g/mol. The smallest absolute Gasteiger partial charge is 0.139 e. The van der Waals surface area contributed by atoms with Crippen LogP contribution >= 0.6 is 11.6 Å². The maximum Gasteiger partial charge on any atom is 0.139 e. The van der Waals surface area contributed by atoms with Crippen LogP contribution in [0.25, 0.3) is 0 Å². The first-order valence-electron chi connectivity index (χ1n) is 6.79. The van der Waals surface area contributed by atoms with Crippen LogP contribution in [-0.4, -0.2) is 15.6 Å². The minimum absolute atomic E-state index is 0.253. The van der Waals surface area contributed by atoms with Crippen LogP contribution in [0.2, 0.25) is 5.02 Å². The number of nitrogens with zero attached hydrogens (tertiary/aromatic N) is 2. The van der Waals surface area contributed by atoms with Crippen molar-refractivity contribution >= 4 is 17.4 Å². The van der Waals surface area contributed by atoms with E-state index in [1.807, 2.05) is 18.5 Å². The van der Waals surface area contributed by atoms with Crippen molar-refractivity contribution in [2.75, 3.05) is 0 Å². The van der Waals surface area contributed by atoms with Crippen LogP contribution < -0.4 is 0 Å². The van der Waals surface area contributed by atoms with Crippen molar-refractivity contribution in [3.05, 3.63) is 16.4 Å². The topological polar surface area (TPSA) is 34.9 Å². The Morgan fingerprint density at radius 2 is 2.06 bits per heavy atom. The highest BCUT2D eigenvalue weighted by molar-refractivity contribution is 6.32. The van der Waals surface area contributed by atoms with Gasteiger partial charge in [0.05, 0.1) is 16.4 Å². The van der Waals surface area contributed by atoms with Crippen molar-refractivity contribution < 1.29 is 4.79 Å². The van der Waals surface area contributed by atoms with Crippen molar-refractivity contribution in [3.63, 3.8) is 0 Å². The Balaban J connectivity index is 2.83. The molecule has 18 heavy (non-hydrogen) atoms. The van der Waals surface area contributed by atoms with Crippen molar-refractivity contribution in [2.45, 2.75) is 59.9 Å². The molecule has 0 saturated heterocycles. The van der Waals surface area contributed by atoms with Crippen LogP contribution in [0, 0.1) is 5.92 Å². The Hall–Kier alpha value is -0.830. The highest BCUT2D eigenvalue weighted by Gasteiger charge is 2.18. The average Bonchev–Trinajstić information content (AvgIpc) is 2.66. The zero-order valence-electron chi connectivity index (χ0n) is 11.8. The molecule has 4 heteroatoms. The van der Waals surface area contributed by atoms with Crippen LogP contribution in [0.4, 0.5) is 0 Å². The van der Waals surface area contributed by atoms with E-state index in [0.29, 0.717) is 23.8 Å². The molecule has 0 radical (unpaired) electrons. The molecule has 0 aliphatic carbocycles. The minimum atomic E-state index is 0.253. The molecule has 0 N–H and O–H groups in total. The number of aromatic nitrogens is 2. The van der Waals surface area contributed by atoms with E-state index < -0.39 is 0 Å². The van der Waals surface area contributed by atoms with E-state index >= 15 is 0 Å². The van der Waals surface area contributed by atoms with Crippen LogP contribution in [0.5, 0.6) is 0 Å². The number of halogens is 1. The summed E-state index contributed by atoms with van der Waals surface area (Å²) in [5, 5.41) is 5.11. The summed E-state index contributed by atoms with van der Waals surface area (Å²) in [7, 11) is 0. The van der Waals surface area contributed by atoms with Crippen molar-refractivity contribution in [3.8, 4) is 0 Å². The molecule has 0 amide bonds. The fraction of sp³-hybridized carbons (Fsp3) is 0.714. The van der Waals surface area contributed by atoms with Gasteiger partial charge in [0.2, 0.25) is 0 Å². The van der Waals surface area contributed by atoms with E-state index in [0.717, 1.165) is 30.8 Å². The third-order valence-electron chi connectivity index (χ3n) is 3.33. The molecule has 1 heterocycles. The third-order valence-corrected chi connectivity index (χ3v) is 3.77. The molecule has 0 aliphatic heterocycles. The summed E-state index contributed by atoms with van der Waals surface area (Å²) in [5.41, 5.74) is 1.77. The zero-order valence-corrected chi connectivity index (χ0v) is 12.5. The van der Waals surface area contributed by atoms with E-state index in [1.54, 1.807) is 0 Å². The van der Waals surface area contributed by atoms with Gasteiger partial charge in [0.1, 0.15) is 5.78 Å². The summed E-state index contributed by atoms with van der Waals surface area (Å²) in [6.45, 7) is 9.01. The van der Waals surface area contributed by atoms with Crippen LogP contribution in [-0.2, 0) is 24.2 Å². The van der Waals surface area contributed by atoms with Gasteiger partial charge in [-0.25, -0.2) is 0 Å². The SMILES string of the molecule is CCc1nn(CC)c(CC(=O)CC(C)CC)c1Cl. The maximum absolute atomic E-state index is 12.0. The van der Waals surface area contributed by atoms with E-state index in [1.165, 1.54) is 0 Å². The van der Waals surface area contributed by atoms with Gasteiger partial charge in [-0.2, -0.15) is 5.10 Å². The molecule has 1 aromatic heterocycles. The van der Waals surface area contributed by atoms with Gasteiger partial charge in [-0.05, 0) is 19.3 Å². The Kier molecular flexibility index (Phi) is 5.86. The number of aryl methyl sites for hydroxylation is 2.